The lowest BCUT2D eigenvalue weighted by Crippen LogP contribution is -2.22. The third-order valence-corrected chi connectivity index (χ3v) is 7.18. The van der Waals surface area contributed by atoms with E-state index in [1.807, 2.05) is 19.9 Å². The topological polar surface area (TPSA) is 90.3 Å². The summed E-state index contributed by atoms with van der Waals surface area (Å²) >= 11 is 6.32. The fraction of sp³-hybridized carbons (Fsp3) is 0.167. The summed E-state index contributed by atoms with van der Waals surface area (Å²) in [6, 6.07) is 15.0. The first-order chi connectivity index (χ1) is 15.6. The van der Waals surface area contributed by atoms with Crippen molar-refractivity contribution < 1.29 is 13.2 Å². The molecule has 1 aromatic heterocycles. The number of fused-ring (bicyclic) bond motifs is 1. The van der Waals surface area contributed by atoms with Gasteiger partial charge in [-0.05, 0) is 74.4 Å². The maximum atomic E-state index is 13.2. The Bertz CT molecular complexity index is 1560. The summed E-state index contributed by atoms with van der Waals surface area (Å²) in [6.45, 7) is 5.41. The van der Waals surface area contributed by atoms with Crippen LogP contribution in [-0.4, -0.2) is 25.1 Å². The van der Waals surface area contributed by atoms with Crippen LogP contribution in [0.1, 0.15) is 17.0 Å². The van der Waals surface area contributed by atoms with Crippen LogP contribution in [0.3, 0.4) is 0 Å². The Morgan fingerprint density at radius 2 is 1.70 bits per heavy atom. The molecular weight excluding hydrogens is 462 g/mol. The number of aromatic nitrogens is 2. The Balaban J connectivity index is 1.83. The van der Waals surface area contributed by atoms with Gasteiger partial charge in [-0.15, -0.1) is 0 Å². The van der Waals surface area contributed by atoms with E-state index in [0.29, 0.717) is 22.4 Å². The van der Waals surface area contributed by atoms with Crippen LogP contribution in [0.15, 0.2) is 64.3 Å². The lowest BCUT2D eigenvalue weighted by atomic mass is 10.1. The standard InChI is InChI=1S/C24H22ClN3O4S/c1-14-11-22(32-4)23(12-15(14)2)33(30,31)27-21-13-17(9-10-19(21)25)28-16(3)26-20-8-6-5-7-18(20)24(28)29/h5-13,27H,1-4H3. The molecular formula is C24H22ClN3O4S. The molecule has 170 valence electrons. The number of benzene rings is 3. The Hall–Kier alpha value is -3.36. The number of ether oxygens (including phenoxy) is 1. The van der Waals surface area contributed by atoms with E-state index < -0.39 is 10.0 Å². The normalized spacial score (nSPS) is 11.5. The predicted molar refractivity (Wildman–Crippen MR) is 130 cm³/mol. The molecule has 1 heterocycles. The van der Waals surface area contributed by atoms with Gasteiger partial charge in [0.15, 0.2) is 0 Å². The average Bonchev–Trinajstić information content (AvgIpc) is 2.77. The Morgan fingerprint density at radius 3 is 2.42 bits per heavy atom. The minimum absolute atomic E-state index is 0.00436. The summed E-state index contributed by atoms with van der Waals surface area (Å²) in [5.74, 6) is 0.689. The minimum Gasteiger partial charge on any atom is -0.495 e. The number of nitrogens with zero attached hydrogens (tertiary/aromatic N) is 2. The molecule has 9 heteroatoms. The fourth-order valence-corrected chi connectivity index (χ4v) is 5.14. The maximum Gasteiger partial charge on any atom is 0.265 e. The van der Waals surface area contributed by atoms with Crippen LogP contribution in [0.4, 0.5) is 5.69 Å². The van der Waals surface area contributed by atoms with E-state index >= 15 is 0 Å². The van der Waals surface area contributed by atoms with Crippen molar-refractivity contribution in [2.24, 2.45) is 0 Å². The van der Waals surface area contributed by atoms with Crippen molar-refractivity contribution in [2.75, 3.05) is 11.8 Å². The van der Waals surface area contributed by atoms with Crippen molar-refractivity contribution in [3.8, 4) is 11.4 Å². The second-order valence-corrected chi connectivity index (χ2v) is 9.73. The van der Waals surface area contributed by atoms with Crippen molar-refractivity contribution in [3.05, 3.63) is 86.9 Å². The van der Waals surface area contributed by atoms with Crippen molar-refractivity contribution in [3.63, 3.8) is 0 Å². The van der Waals surface area contributed by atoms with Gasteiger partial charge in [-0.2, -0.15) is 0 Å². The van der Waals surface area contributed by atoms with E-state index in [1.165, 1.54) is 23.8 Å². The first-order valence-corrected chi connectivity index (χ1v) is 11.9. The number of hydrogen-bond acceptors (Lipinski definition) is 5. The van der Waals surface area contributed by atoms with Gasteiger partial charge in [0.1, 0.15) is 16.5 Å². The zero-order chi connectivity index (χ0) is 23.9. The molecule has 0 aliphatic heterocycles. The molecule has 3 aromatic carbocycles. The van der Waals surface area contributed by atoms with Crippen LogP contribution in [0.25, 0.3) is 16.6 Å². The molecule has 0 unspecified atom stereocenters. The summed E-state index contributed by atoms with van der Waals surface area (Å²) in [4.78, 5) is 17.6. The van der Waals surface area contributed by atoms with Crippen molar-refractivity contribution in [2.45, 2.75) is 25.7 Å². The molecule has 0 fully saturated rings. The maximum absolute atomic E-state index is 13.2. The lowest BCUT2D eigenvalue weighted by molar-refractivity contribution is 0.402. The number of methoxy groups -OCH3 is 1. The third-order valence-electron chi connectivity index (χ3n) is 5.47. The zero-order valence-electron chi connectivity index (χ0n) is 18.5. The number of nitrogens with one attached hydrogen (secondary N) is 1. The number of anilines is 1. The molecule has 0 amide bonds. The summed E-state index contributed by atoms with van der Waals surface area (Å²) in [5, 5.41) is 0.643. The van der Waals surface area contributed by atoms with Crippen molar-refractivity contribution in [1.29, 1.82) is 0 Å². The van der Waals surface area contributed by atoms with Gasteiger partial charge >= 0.3 is 0 Å². The van der Waals surface area contributed by atoms with Crippen LogP contribution >= 0.6 is 11.6 Å². The molecule has 0 radical (unpaired) electrons. The molecule has 33 heavy (non-hydrogen) atoms. The number of rotatable bonds is 5. The molecule has 7 nitrogen and oxygen atoms in total. The molecule has 0 spiro atoms. The van der Waals surface area contributed by atoms with E-state index in [4.69, 9.17) is 16.3 Å². The van der Waals surface area contributed by atoms with E-state index in [9.17, 15) is 13.2 Å². The van der Waals surface area contributed by atoms with Crippen LogP contribution in [0.5, 0.6) is 5.75 Å². The second kappa shape index (κ2) is 8.53. The molecule has 0 aliphatic carbocycles. The molecule has 4 rings (SSSR count). The summed E-state index contributed by atoms with van der Waals surface area (Å²) < 4.78 is 35.7. The van der Waals surface area contributed by atoms with Crippen molar-refractivity contribution >= 4 is 38.2 Å². The average molecular weight is 484 g/mol. The summed E-state index contributed by atoms with van der Waals surface area (Å²) in [5.41, 5.74) is 2.61. The highest BCUT2D eigenvalue weighted by atomic mass is 35.5. The van der Waals surface area contributed by atoms with Gasteiger partial charge < -0.3 is 4.74 Å². The fourth-order valence-electron chi connectivity index (χ4n) is 3.61. The third kappa shape index (κ3) is 4.19. The molecule has 0 aliphatic rings. The van der Waals surface area contributed by atoms with Crippen LogP contribution in [0, 0.1) is 20.8 Å². The van der Waals surface area contributed by atoms with Crippen molar-refractivity contribution in [1.82, 2.24) is 9.55 Å². The van der Waals surface area contributed by atoms with Crippen LogP contribution in [-0.2, 0) is 10.0 Å². The van der Waals surface area contributed by atoms with Gasteiger partial charge in [0.05, 0.1) is 34.4 Å². The van der Waals surface area contributed by atoms with Gasteiger partial charge in [0, 0.05) is 0 Å². The number of sulfonamides is 1. The highest BCUT2D eigenvalue weighted by Crippen LogP contribution is 2.32. The van der Waals surface area contributed by atoms with Crippen LogP contribution < -0.4 is 15.0 Å². The van der Waals surface area contributed by atoms with Gasteiger partial charge in [0.2, 0.25) is 0 Å². The Labute approximate surface area is 196 Å². The van der Waals surface area contributed by atoms with E-state index in [1.54, 1.807) is 43.3 Å². The Morgan fingerprint density at radius 1 is 1.00 bits per heavy atom. The lowest BCUT2D eigenvalue weighted by Gasteiger charge is -2.16. The molecule has 4 aromatic rings. The number of para-hydroxylation sites is 1. The molecule has 0 saturated heterocycles. The largest absolute Gasteiger partial charge is 0.495 e. The van der Waals surface area contributed by atoms with Gasteiger partial charge in [0.25, 0.3) is 15.6 Å². The molecule has 1 N–H and O–H groups in total. The summed E-state index contributed by atoms with van der Waals surface area (Å²) in [6.07, 6.45) is 0. The molecule has 0 bridgehead atoms. The van der Waals surface area contributed by atoms with Gasteiger partial charge in [-0.1, -0.05) is 23.7 Å². The monoisotopic (exact) mass is 483 g/mol. The summed E-state index contributed by atoms with van der Waals surface area (Å²) in [7, 11) is -2.62. The first kappa shape index (κ1) is 22.8. The smallest absolute Gasteiger partial charge is 0.265 e. The van der Waals surface area contributed by atoms with Crippen LogP contribution in [0.2, 0.25) is 5.02 Å². The minimum atomic E-state index is -4.03. The quantitative estimate of drug-likeness (QED) is 0.441. The molecule has 0 atom stereocenters. The second-order valence-electron chi connectivity index (χ2n) is 7.67. The zero-order valence-corrected chi connectivity index (χ0v) is 20.1. The Kier molecular flexibility index (Phi) is 5.90. The molecule has 0 saturated carbocycles. The highest BCUT2D eigenvalue weighted by molar-refractivity contribution is 7.92. The number of aryl methyl sites for hydroxylation is 3. The SMILES string of the molecule is COc1cc(C)c(C)cc1S(=O)(=O)Nc1cc(-n2c(C)nc3ccccc3c2=O)ccc1Cl. The first-order valence-electron chi connectivity index (χ1n) is 10.1. The van der Waals surface area contributed by atoms with E-state index in [-0.39, 0.29) is 26.9 Å². The highest BCUT2D eigenvalue weighted by Gasteiger charge is 2.22. The van der Waals surface area contributed by atoms with Gasteiger partial charge in [-0.25, -0.2) is 13.4 Å². The van der Waals surface area contributed by atoms with E-state index in [0.717, 1.165) is 11.1 Å². The van der Waals surface area contributed by atoms with Gasteiger partial charge in [-0.3, -0.25) is 14.1 Å². The number of halogens is 1. The predicted octanol–water partition coefficient (Wildman–Crippen LogP) is 4.77. The van der Waals surface area contributed by atoms with E-state index in [2.05, 4.69) is 9.71 Å². The number of hydrogen-bond donors (Lipinski definition) is 1.